The van der Waals surface area contributed by atoms with Gasteiger partial charge in [-0.05, 0) is 46.5 Å². The van der Waals surface area contributed by atoms with Gasteiger partial charge in [0.1, 0.15) is 11.5 Å². The van der Waals surface area contributed by atoms with Crippen molar-refractivity contribution >= 4 is 11.1 Å². The maximum Gasteiger partial charge on any atom is 0.118 e. The minimum absolute atomic E-state index is 0.205. The average Bonchev–Trinajstić information content (AvgIpc) is 3.05. The number of methoxy groups -OCH3 is 2. The normalized spacial score (nSPS) is 14.4. The van der Waals surface area contributed by atoms with Crippen LogP contribution in [-0.2, 0) is 0 Å². The van der Waals surface area contributed by atoms with Crippen LogP contribution in [0.1, 0.15) is 11.1 Å². The highest BCUT2D eigenvalue weighted by Crippen LogP contribution is 2.39. The molecule has 118 valence electrons. The minimum Gasteiger partial charge on any atom is -0.497 e. The fraction of sp³-hybridized carbons (Fsp3) is 0.200. The van der Waals surface area contributed by atoms with Crippen LogP contribution in [-0.4, -0.2) is 20.8 Å². The molecule has 0 fully saturated rings. The van der Waals surface area contributed by atoms with Gasteiger partial charge >= 0.3 is 0 Å². The molecule has 1 aliphatic rings. The molecule has 0 amide bonds. The average molecular weight is 307 g/mol. The number of ether oxygens (including phenoxy) is 2. The predicted molar refractivity (Wildman–Crippen MR) is 94.5 cm³/mol. The van der Waals surface area contributed by atoms with Crippen molar-refractivity contribution < 1.29 is 9.47 Å². The number of hydrogen-bond acceptors (Lipinski definition) is 3. The molecule has 0 saturated heterocycles. The standard InChI is InChI=1S/C20H21NO2/c1-22-16-7-3-14(4-8-16)18-11-12-19(20(18)13-21)15-5-9-17(23-2)10-6-15/h3-12,20H,13,21H2,1-2H3. The Morgan fingerprint density at radius 2 is 1.13 bits per heavy atom. The van der Waals surface area contributed by atoms with Gasteiger partial charge in [-0.3, -0.25) is 0 Å². The molecule has 2 aromatic carbocycles. The Hall–Kier alpha value is -2.52. The molecule has 1 aliphatic carbocycles. The van der Waals surface area contributed by atoms with Crippen molar-refractivity contribution in [3.05, 3.63) is 71.8 Å². The van der Waals surface area contributed by atoms with Crippen LogP contribution >= 0.6 is 0 Å². The number of rotatable bonds is 5. The molecular weight excluding hydrogens is 286 g/mol. The van der Waals surface area contributed by atoms with Gasteiger partial charge in [-0.2, -0.15) is 0 Å². The Bertz CT molecular complexity index is 664. The summed E-state index contributed by atoms with van der Waals surface area (Å²) in [5.41, 5.74) is 10.9. The van der Waals surface area contributed by atoms with Crippen molar-refractivity contribution in [1.29, 1.82) is 0 Å². The van der Waals surface area contributed by atoms with Crippen LogP contribution in [0.2, 0.25) is 0 Å². The lowest BCUT2D eigenvalue weighted by atomic mass is 9.87. The van der Waals surface area contributed by atoms with Gasteiger partial charge in [0.05, 0.1) is 14.2 Å². The zero-order valence-corrected chi connectivity index (χ0v) is 13.5. The molecule has 23 heavy (non-hydrogen) atoms. The lowest BCUT2D eigenvalue weighted by molar-refractivity contribution is 0.414. The second-order valence-corrected chi connectivity index (χ2v) is 5.49. The molecule has 3 nitrogen and oxygen atoms in total. The Morgan fingerprint density at radius 3 is 1.43 bits per heavy atom. The van der Waals surface area contributed by atoms with Crippen LogP contribution in [0.4, 0.5) is 0 Å². The third-order valence-electron chi connectivity index (χ3n) is 4.28. The Balaban J connectivity index is 1.85. The van der Waals surface area contributed by atoms with E-state index < -0.39 is 0 Å². The lowest BCUT2D eigenvalue weighted by Gasteiger charge is -2.18. The second kappa shape index (κ2) is 6.71. The first kappa shape index (κ1) is 15.4. The summed E-state index contributed by atoms with van der Waals surface area (Å²) in [6, 6.07) is 16.3. The summed E-state index contributed by atoms with van der Waals surface area (Å²) >= 11 is 0. The van der Waals surface area contributed by atoms with Gasteiger partial charge in [-0.15, -0.1) is 0 Å². The summed E-state index contributed by atoms with van der Waals surface area (Å²) in [6.45, 7) is 0.579. The second-order valence-electron chi connectivity index (χ2n) is 5.49. The van der Waals surface area contributed by atoms with Crippen LogP contribution in [0.25, 0.3) is 11.1 Å². The molecule has 0 radical (unpaired) electrons. The first-order valence-electron chi connectivity index (χ1n) is 7.67. The SMILES string of the molecule is COc1ccc(C2=CC=C(c3ccc(OC)cc3)C2CN)cc1. The molecule has 0 aliphatic heterocycles. The third kappa shape index (κ3) is 3.01. The molecule has 0 saturated carbocycles. The highest BCUT2D eigenvalue weighted by atomic mass is 16.5. The highest BCUT2D eigenvalue weighted by molar-refractivity contribution is 5.89. The summed E-state index contributed by atoms with van der Waals surface area (Å²) in [5.74, 6) is 1.93. The summed E-state index contributed by atoms with van der Waals surface area (Å²) < 4.78 is 10.5. The Morgan fingerprint density at radius 1 is 0.739 bits per heavy atom. The molecular formula is C20H21NO2. The lowest BCUT2D eigenvalue weighted by Crippen LogP contribution is -2.15. The van der Waals surface area contributed by atoms with Crippen molar-refractivity contribution in [2.45, 2.75) is 0 Å². The zero-order chi connectivity index (χ0) is 16.2. The van der Waals surface area contributed by atoms with Crippen LogP contribution in [0.15, 0.2) is 60.7 Å². The smallest absolute Gasteiger partial charge is 0.118 e. The van der Waals surface area contributed by atoms with Crippen molar-refractivity contribution in [2.75, 3.05) is 20.8 Å². The molecule has 0 aromatic heterocycles. The van der Waals surface area contributed by atoms with E-state index in [0.717, 1.165) is 11.5 Å². The van der Waals surface area contributed by atoms with Crippen LogP contribution in [0.5, 0.6) is 11.5 Å². The van der Waals surface area contributed by atoms with Crippen LogP contribution in [0.3, 0.4) is 0 Å². The molecule has 0 atom stereocenters. The number of allylic oxidation sites excluding steroid dienone is 2. The largest absolute Gasteiger partial charge is 0.497 e. The number of benzene rings is 2. The quantitative estimate of drug-likeness (QED) is 0.914. The van der Waals surface area contributed by atoms with Gasteiger partial charge in [0.15, 0.2) is 0 Å². The summed E-state index contributed by atoms with van der Waals surface area (Å²) in [5, 5.41) is 0. The molecule has 0 bridgehead atoms. The van der Waals surface area contributed by atoms with Gasteiger partial charge in [0.25, 0.3) is 0 Å². The highest BCUT2D eigenvalue weighted by Gasteiger charge is 2.24. The maximum absolute atomic E-state index is 6.07. The molecule has 3 heteroatoms. The van der Waals surface area contributed by atoms with E-state index in [0.29, 0.717) is 6.54 Å². The number of hydrogen-bond donors (Lipinski definition) is 1. The summed E-state index contributed by atoms with van der Waals surface area (Å²) in [7, 11) is 3.35. The van der Waals surface area contributed by atoms with Crippen molar-refractivity contribution in [3.8, 4) is 11.5 Å². The zero-order valence-electron chi connectivity index (χ0n) is 13.5. The summed E-state index contributed by atoms with van der Waals surface area (Å²) in [4.78, 5) is 0. The van der Waals surface area contributed by atoms with E-state index in [4.69, 9.17) is 15.2 Å². The molecule has 3 rings (SSSR count). The van der Waals surface area contributed by atoms with Crippen molar-refractivity contribution in [3.63, 3.8) is 0 Å². The van der Waals surface area contributed by atoms with Crippen LogP contribution < -0.4 is 15.2 Å². The van der Waals surface area contributed by atoms with Crippen molar-refractivity contribution in [1.82, 2.24) is 0 Å². The van der Waals surface area contributed by atoms with E-state index in [1.165, 1.54) is 22.3 Å². The molecule has 0 spiro atoms. The molecule has 0 unspecified atom stereocenters. The number of nitrogens with two attached hydrogens (primary N) is 1. The van der Waals surface area contributed by atoms with Gasteiger partial charge in [-0.25, -0.2) is 0 Å². The monoisotopic (exact) mass is 307 g/mol. The van der Waals surface area contributed by atoms with Gasteiger partial charge < -0.3 is 15.2 Å². The van der Waals surface area contributed by atoms with E-state index in [1.807, 2.05) is 24.3 Å². The molecule has 0 heterocycles. The van der Waals surface area contributed by atoms with Crippen molar-refractivity contribution in [2.24, 2.45) is 11.7 Å². The van der Waals surface area contributed by atoms with Gasteiger partial charge in [0, 0.05) is 12.5 Å². The van der Waals surface area contributed by atoms with E-state index >= 15 is 0 Å². The maximum atomic E-state index is 6.07. The molecule has 2 N–H and O–H groups in total. The topological polar surface area (TPSA) is 44.5 Å². The van der Waals surface area contributed by atoms with Gasteiger partial charge in [0.2, 0.25) is 0 Å². The fourth-order valence-electron chi connectivity index (χ4n) is 3.00. The van der Waals surface area contributed by atoms with Crippen LogP contribution in [0, 0.1) is 5.92 Å². The summed E-state index contributed by atoms with van der Waals surface area (Å²) in [6.07, 6.45) is 4.33. The first-order chi connectivity index (χ1) is 11.3. The predicted octanol–water partition coefficient (Wildman–Crippen LogP) is 3.76. The van der Waals surface area contributed by atoms with E-state index in [9.17, 15) is 0 Å². The minimum atomic E-state index is 0.205. The first-order valence-corrected chi connectivity index (χ1v) is 7.67. The third-order valence-corrected chi connectivity index (χ3v) is 4.28. The Labute approximate surface area is 137 Å². The van der Waals surface area contributed by atoms with E-state index in [2.05, 4.69) is 36.4 Å². The molecule has 2 aromatic rings. The van der Waals surface area contributed by atoms with E-state index in [-0.39, 0.29) is 5.92 Å². The Kier molecular flexibility index (Phi) is 4.49. The van der Waals surface area contributed by atoms with E-state index in [1.54, 1.807) is 14.2 Å². The van der Waals surface area contributed by atoms with Gasteiger partial charge in [-0.1, -0.05) is 36.4 Å². The fourth-order valence-corrected chi connectivity index (χ4v) is 3.00.